The molecule has 0 radical (unpaired) electrons. The highest BCUT2D eigenvalue weighted by molar-refractivity contribution is 5.74. The molecule has 6 heteroatoms. The predicted octanol–water partition coefficient (Wildman–Crippen LogP) is 2.51. The first-order valence-electron chi connectivity index (χ1n) is 7.60. The maximum Gasteiger partial charge on any atom is 0.185 e. The molecule has 0 aliphatic heterocycles. The zero-order chi connectivity index (χ0) is 16.9. The van der Waals surface area contributed by atoms with E-state index in [1.807, 2.05) is 48.5 Å². The average Bonchev–Trinajstić information content (AvgIpc) is 2.64. The fourth-order valence-electron chi connectivity index (χ4n) is 2.34. The molecule has 6 nitrogen and oxygen atoms in total. The monoisotopic (exact) mass is 321 g/mol. The van der Waals surface area contributed by atoms with Crippen molar-refractivity contribution in [3.63, 3.8) is 0 Å². The third kappa shape index (κ3) is 3.34. The molecular weight excluding hydrogens is 302 g/mol. The first-order valence-corrected chi connectivity index (χ1v) is 7.60. The Bertz CT molecular complexity index is 816. The highest BCUT2D eigenvalue weighted by Crippen LogP contribution is 2.33. The van der Waals surface area contributed by atoms with Crippen LogP contribution in [-0.2, 0) is 13.1 Å². The second-order valence-electron chi connectivity index (χ2n) is 5.35. The van der Waals surface area contributed by atoms with Gasteiger partial charge in [-0.2, -0.15) is 0 Å². The molecule has 0 atom stereocenters. The van der Waals surface area contributed by atoms with E-state index in [9.17, 15) is 5.11 Å². The Balaban J connectivity index is 1.89. The summed E-state index contributed by atoms with van der Waals surface area (Å²) in [5.41, 5.74) is 15.3. The number of hydrogen-bond acceptors (Lipinski definition) is 6. The Morgan fingerprint density at radius 3 is 2.00 bits per heavy atom. The van der Waals surface area contributed by atoms with Crippen LogP contribution in [-0.4, -0.2) is 15.1 Å². The number of benzene rings is 2. The molecule has 1 aromatic heterocycles. The highest BCUT2D eigenvalue weighted by Gasteiger charge is 2.12. The van der Waals surface area contributed by atoms with E-state index in [0.717, 1.165) is 22.4 Å². The van der Waals surface area contributed by atoms with Crippen molar-refractivity contribution in [1.82, 2.24) is 9.97 Å². The summed E-state index contributed by atoms with van der Waals surface area (Å²) in [6.45, 7) is 0.962. The Labute approximate surface area is 140 Å². The summed E-state index contributed by atoms with van der Waals surface area (Å²) in [4.78, 5) is 8.30. The van der Waals surface area contributed by atoms with Gasteiger partial charge in [0.15, 0.2) is 11.6 Å². The third-order valence-corrected chi connectivity index (χ3v) is 3.74. The molecule has 0 unspecified atom stereocenters. The summed E-state index contributed by atoms with van der Waals surface area (Å²) in [7, 11) is 0. The van der Waals surface area contributed by atoms with Gasteiger partial charge in [0.1, 0.15) is 12.0 Å². The minimum absolute atomic E-state index is 0.000833. The summed E-state index contributed by atoms with van der Waals surface area (Å²) in [6.07, 6.45) is 1.42. The molecule has 0 amide bonds. The minimum Gasteiger partial charge on any atom is -0.503 e. The van der Waals surface area contributed by atoms with Gasteiger partial charge in [0, 0.05) is 24.3 Å². The molecule has 122 valence electrons. The number of aromatic hydroxyl groups is 1. The molecule has 6 N–H and O–H groups in total. The number of anilines is 2. The Kier molecular flexibility index (Phi) is 4.69. The lowest BCUT2D eigenvalue weighted by Crippen LogP contribution is -1.99. The standard InChI is InChI=1S/C18H19N5O/c19-9-12-1-5-14(6-2-12)16-17(24)18(22-11-21-16)23-15-7-3-13(10-20)4-8-15/h1-8,11,24H,9-10,19-20H2,(H,21,22,23). The SMILES string of the molecule is NCc1ccc(Nc2ncnc(-c3ccc(CN)cc3)c2O)cc1. The van der Waals surface area contributed by atoms with E-state index in [1.54, 1.807) is 0 Å². The summed E-state index contributed by atoms with van der Waals surface area (Å²) in [5.74, 6) is 0.351. The van der Waals surface area contributed by atoms with Crippen LogP contribution in [0.15, 0.2) is 54.9 Å². The van der Waals surface area contributed by atoms with Crippen LogP contribution in [0.2, 0.25) is 0 Å². The summed E-state index contributed by atoms with van der Waals surface area (Å²) >= 11 is 0. The van der Waals surface area contributed by atoms with Crippen LogP contribution in [0.5, 0.6) is 5.75 Å². The molecular formula is C18H19N5O. The molecule has 3 rings (SSSR count). The number of aromatic nitrogens is 2. The van der Waals surface area contributed by atoms with Gasteiger partial charge in [-0.25, -0.2) is 9.97 Å². The third-order valence-electron chi connectivity index (χ3n) is 3.74. The molecule has 24 heavy (non-hydrogen) atoms. The van der Waals surface area contributed by atoms with Crippen molar-refractivity contribution >= 4 is 11.5 Å². The van der Waals surface area contributed by atoms with E-state index in [0.29, 0.717) is 24.6 Å². The van der Waals surface area contributed by atoms with Gasteiger partial charge < -0.3 is 21.9 Å². The average molecular weight is 321 g/mol. The van der Waals surface area contributed by atoms with Crippen LogP contribution in [0.25, 0.3) is 11.3 Å². The Morgan fingerprint density at radius 2 is 1.42 bits per heavy atom. The van der Waals surface area contributed by atoms with Gasteiger partial charge in [0.05, 0.1) is 0 Å². The fourth-order valence-corrected chi connectivity index (χ4v) is 2.34. The topological polar surface area (TPSA) is 110 Å². The van der Waals surface area contributed by atoms with E-state index in [-0.39, 0.29) is 5.75 Å². The second kappa shape index (κ2) is 7.08. The van der Waals surface area contributed by atoms with E-state index in [4.69, 9.17) is 11.5 Å². The molecule has 0 saturated carbocycles. The first kappa shape index (κ1) is 15.9. The van der Waals surface area contributed by atoms with Gasteiger partial charge in [-0.05, 0) is 23.3 Å². The van der Waals surface area contributed by atoms with Crippen LogP contribution in [0.4, 0.5) is 11.5 Å². The van der Waals surface area contributed by atoms with Crippen molar-refractivity contribution in [2.75, 3.05) is 5.32 Å². The van der Waals surface area contributed by atoms with E-state index < -0.39 is 0 Å². The summed E-state index contributed by atoms with van der Waals surface area (Å²) < 4.78 is 0. The maximum absolute atomic E-state index is 10.5. The Morgan fingerprint density at radius 1 is 0.833 bits per heavy atom. The summed E-state index contributed by atoms with van der Waals surface area (Å²) in [5, 5.41) is 13.6. The van der Waals surface area contributed by atoms with Gasteiger partial charge in [0.25, 0.3) is 0 Å². The lowest BCUT2D eigenvalue weighted by Gasteiger charge is -2.11. The lowest BCUT2D eigenvalue weighted by atomic mass is 10.1. The normalized spacial score (nSPS) is 10.6. The van der Waals surface area contributed by atoms with Gasteiger partial charge in [0.2, 0.25) is 0 Å². The van der Waals surface area contributed by atoms with Gasteiger partial charge >= 0.3 is 0 Å². The molecule has 0 saturated heterocycles. The van der Waals surface area contributed by atoms with Crippen molar-refractivity contribution in [2.24, 2.45) is 11.5 Å². The van der Waals surface area contributed by atoms with E-state index >= 15 is 0 Å². The lowest BCUT2D eigenvalue weighted by molar-refractivity contribution is 0.475. The van der Waals surface area contributed by atoms with Crippen molar-refractivity contribution < 1.29 is 5.11 Å². The van der Waals surface area contributed by atoms with Crippen molar-refractivity contribution in [1.29, 1.82) is 0 Å². The largest absolute Gasteiger partial charge is 0.503 e. The molecule has 0 aliphatic rings. The van der Waals surface area contributed by atoms with Crippen LogP contribution in [0.3, 0.4) is 0 Å². The maximum atomic E-state index is 10.5. The van der Waals surface area contributed by atoms with Crippen LogP contribution >= 0.6 is 0 Å². The quantitative estimate of drug-likeness (QED) is 0.575. The molecule has 0 aliphatic carbocycles. The number of nitrogens with two attached hydrogens (primary N) is 2. The molecule has 2 aromatic carbocycles. The second-order valence-corrected chi connectivity index (χ2v) is 5.35. The number of hydrogen-bond donors (Lipinski definition) is 4. The van der Waals surface area contributed by atoms with E-state index in [2.05, 4.69) is 15.3 Å². The summed E-state index contributed by atoms with van der Waals surface area (Å²) in [6, 6.07) is 15.2. The van der Waals surface area contributed by atoms with Crippen molar-refractivity contribution in [3.8, 4) is 17.0 Å². The molecule has 3 aromatic rings. The number of rotatable bonds is 5. The highest BCUT2D eigenvalue weighted by atomic mass is 16.3. The Hall–Kier alpha value is -2.96. The van der Waals surface area contributed by atoms with Gasteiger partial charge in [-0.1, -0.05) is 36.4 Å². The zero-order valence-corrected chi connectivity index (χ0v) is 13.1. The molecule has 0 fully saturated rings. The first-order chi connectivity index (χ1) is 11.7. The number of nitrogens with zero attached hydrogens (tertiary/aromatic N) is 2. The fraction of sp³-hybridized carbons (Fsp3) is 0.111. The zero-order valence-electron chi connectivity index (χ0n) is 13.1. The molecule has 1 heterocycles. The van der Waals surface area contributed by atoms with Crippen molar-refractivity contribution in [2.45, 2.75) is 13.1 Å². The molecule has 0 spiro atoms. The van der Waals surface area contributed by atoms with Gasteiger partial charge in [-0.3, -0.25) is 0 Å². The van der Waals surface area contributed by atoms with Gasteiger partial charge in [-0.15, -0.1) is 0 Å². The number of nitrogens with one attached hydrogen (secondary N) is 1. The van der Waals surface area contributed by atoms with Crippen LogP contribution in [0, 0.1) is 0 Å². The minimum atomic E-state index is 0.000833. The smallest absolute Gasteiger partial charge is 0.185 e. The molecule has 0 bridgehead atoms. The van der Waals surface area contributed by atoms with E-state index in [1.165, 1.54) is 6.33 Å². The van der Waals surface area contributed by atoms with Crippen LogP contribution < -0.4 is 16.8 Å². The predicted molar refractivity (Wildman–Crippen MR) is 94.6 cm³/mol. The van der Waals surface area contributed by atoms with Crippen LogP contribution in [0.1, 0.15) is 11.1 Å². The van der Waals surface area contributed by atoms with Crippen molar-refractivity contribution in [3.05, 3.63) is 66.0 Å².